The topological polar surface area (TPSA) is 81.8 Å². The van der Waals surface area contributed by atoms with E-state index in [2.05, 4.69) is 10.6 Å². The van der Waals surface area contributed by atoms with Gasteiger partial charge in [0.25, 0.3) is 0 Å². The Morgan fingerprint density at radius 3 is 2.60 bits per heavy atom. The van der Waals surface area contributed by atoms with Gasteiger partial charge in [-0.25, -0.2) is 4.79 Å². The average Bonchev–Trinajstić information content (AvgIpc) is 2.69. The standard InChI is InChI=1S/C22H31ClN4O3/c1-4-10-27-19(28)18(13-15(2)3)25-20(29)22(27)8-11-26(12-9-22)21(30)24-17-7-5-6-16(23)14-17/h5-7,14-15,18H,4,8-13H2,1-3H3,(H,24,30)(H,25,29). The zero-order chi connectivity index (χ0) is 21.9. The van der Waals surface area contributed by atoms with Crippen LogP contribution in [0, 0.1) is 5.92 Å². The summed E-state index contributed by atoms with van der Waals surface area (Å²) in [6.07, 6.45) is 2.28. The molecule has 2 aliphatic rings. The molecule has 1 atom stereocenters. The van der Waals surface area contributed by atoms with E-state index in [1.807, 2.05) is 20.8 Å². The first-order valence-electron chi connectivity index (χ1n) is 10.7. The van der Waals surface area contributed by atoms with E-state index in [-0.39, 0.29) is 17.8 Å². The Balaban J connectivity index is 1.70. The highest BCUT2D eigenvalue weighted by atomic mass is 35.5. The lowest BCUT2D eigenvalue weighted by molar-refractivity contribution is -0.161. The van der Waals surface area contributed by atoms with Crippen LogP contribution in [-0.2, 0) is 9.59 Å². The minimum absolute atomic E-state index is 0.00183. The Bertz CT molecular complexity index is 805. The Labute approximate surface area is 183 Å². The van der Waals surface area contributed by atoms with Gasteiger partial charge in [-0.2, -0.15) is 0 Å². The number of rotatable bonds is 5. The quantitative estimate of drug-likeness (QED) is 0.744. The summed E-state index contributed by atoms with van der Waals surface area (Å²) in [5.41, 5.74) is -0.240. The minimum Gasteiger partial charge on any atom is -0.342 e. The molecule has 2 N–H and O–H groups in total. The predicted octanol–water partition coefficient (Wildman–Crippen LogP) is 3.49. The molecule has 2 fully saturated rings. The van der Waals surface area contributed by atoms with E-state index in [0.29, 0.717) is 55.5 Å². The highest BCUT2D eigenvalue weighted by molar-refractivity contribution is 6.30. The molecule has 2 aliphatic heterocycles. The Hall–Kier alpha value is -2.28. The molecule has 4 amide bonds. The van der Waals surface area contributed by atoms with Crippen molar-refractivity contribution in [2.24, 2.45) is 5.92 Å². The summed E-state index contributed by atoms with van der Waals surface area (Å²) in [4.78, 5) is 42.5. The Morgan fingerprint density at radius 2 is 2.00 bits per heavy atom. The molecule has 30 heavy (non-hydrogen) atoms. The van der Waals surface area contributed by atoms with Gasteiger partial charge < -0.3 is 20.4 Å². The van der Waals surface area contributed by atoms with Crippen LogP contribution in [0.1, 0.15) is 46.5 Å². The number of anilines is 1. The van der Waals surface area contributed by atoms with Gasteiger partial charge in [0.1, 0.15) is 11.6 Å². The summed E-state index contributed by atoms with van der Waals surface area (Å²) >= 11 is 5.98. The SMILES string of the molecule is CCCN1C(=O)C(CC(C)C)NC(=O)C12CCN(C(=O)Nc1cccc(Cl)c1)CC2. The van der Waals surface area contributed by atoms with Gasteiger partial charge in [0.15, 0.2) is 0 Å². The fourth-order valence-electron chi connectivity index (χ4n) is 4.40. The zero-order valence-electron chi connectivity index (χ0n) is 17.9. The van der Waals surface area contributed by atoms with Crippen molar-refractivity contribution in [2.75, 3.05) is 25.0 Å². The summed E-state index contributed by atoms with van der Waals surface area (Å²) in [6.45, 7) is 7.47. The second-order valence-electron chi connectivity index (χ2n) is 8.60. The maximum Gasteiger partial charge on any atom is 0.321 e. The first-order chi connectivity index (χ1) is 14.3. The van der Waals surface area contributed by atoms with Crippen LogP contribution >= 0.6 is 11.6 Å². The molecule has 0 saturated carbocycles. The van der Waals surface area contributed by atoms with E-state index in [4.69, 9.17) is 11.6 Å². The number of likely N-dealkylation sites (tertiary alicyclic amines) is 1. The van der Waals surface area contributed by atoms with Crippen LogP contribution in [0.4, 0.5) is 10.5 Å². The van der Waals surface area contributed by atoms with Crippen LogP contribution < -0.4 is 10.6 Å². The van der Waals surface area contributed by atoms with Crippen LogP contribution in [0.3, 0.4) is 0 Å². The molecule has 2 saturated heterocycles. The number of carbonyl (C=O) groups excluding carboxylic acids is 3. The van der Waals surface area contributed by atoms with Crippen molar-refractivity contribution in [1.29, 1.82) is 0 Å². The lowest BCUT2D eigenvalue weighted by Crippen LogP contribution is -2.73. The number of halogens is 1. The van der Waals surface area contributed by atoms with Gasteiger partial charge in [-0.15, -0.1) is 0 Å². The molecule has 1 aromatic rings. The molecular weight excluding hydrogens is 404 g/mol. The summed E-state index contributed by atoms with van der Waals surface area (Å²) in [7, 11) is 0. The maximum absolute atomic E-state index is 13.2. The van der Waals surface area contributed by atoms with E-state index in [1.165, 1.54) is 0 Å². The summed E-state index contributed by atoms with van der Waals surface area (Å²) < 4.78 is 0. The lowest BCUT2D eigenvalue weighted by atomic mass is 9.81. The molecule has 0 aromatic heterocycles. The van der Waals surface area contributed by atoms with E-state index >= 15 is 0 Å². The molecule has 0 radical (unpaired) electrons. The molecular formula is C22H31ClN4O3. The van der Waals surface area contributed by atoms with E-state index in [0.717, 1.165) is 6.42 Å². The molecule has 164 valence electrons. The fourth-order valence-corrected chi connectivity index (χ4v) is 4.59. The molecule has 1 spiro atoms. The van der Waals surface area contributed by atoms with Gasteiger partial charge in [0.05, 0.1) is 0 Å². The molecule has 3 rings (SSSR count). The van der Waals surface area contributed by atoms with Gasteiger partial charge in [-0.1, -0.05) is 38.4 Å². The predicted molar refractivity (Wildman–Crippen MR) is 117 cm³/mol. The van der Waals surface area contributed by atoms with E-state index < -0.39 is 11.6 Å². The minimum atomic E-state index is -0.868. The number of hydrogen-bond donors (Lipinski definition) is 2. The summed E-state index contributed by atoms with van der Waals surface area (Å²) in [6, 6.07) is 6.30. The van der Waals surface area contributed by atoms with Gasteiger partial charge >= 0.3 is 6.03 Å². The first kappa shape index (κ1) is 22.4. The monoisotopic (exact) mass is 434 g/mol. The molecule has 7 nitrogen and oxygen atoms in total. The molecule has 2 heterocycles. The van der Waals surface area contributed by atoms with Crippen LogP contribution in [0.5, 0.6) is 0 Å². The van der Waals surface area contributed by atoms with Crippen molar-refractivity contribution >= 4 is 35.1 Å². The van der Waals surface area contributed by atoms with Crippen molar-refractivity contribution < 1.29 is 14.4 Å². The third kappa shape index (κ3) is 4.56. The smallest absolute Gasteiger partial charge is 0.321 e. The van der Waals surface area contributed by atoms with E-state index in [1.54, 1.807) is 34.1 Å². The average molecular weight is 435 g/mol. The van der Waals surface area contributed by atoms with Crippen LogP contribution in [0.15, 0.2) is 24.3 Å². The summed E-state index contributed by atoms with van der Waals surface area (Å²) in [5, 5.41) is 6.37. The van der Waals surface area contributed by atoms with Gasteiger partial charge in [-0.05, 0) is 49.8 Å². The summed E-state index contributed by atoms with van der Waals surface area (Å²) in [5.74, 6) is 0.229. The number of urea groups is 1. The van der Waals surface area contributed by atoms with Crippen molar-refractivity contribution in [2.45, 2.75) is 58.0 Å². The number of piperazine rings is 1. The molecule has 0 bridgehead atoms. The number of benzene rings is 1. The van der Waals surface area contributed by atoms with Crippen molar-refractivity contribution in [1.82, 2.24) is 15.1 Å². The van der Waals surface area contributed by atoms with E-state index in [9.17, 15) is 14.4 Å². The normalized spacial score (nSPS) is 21.2. The zero-order valence-corrected chi connectivity index (χ0v) is 18.7. The largest absolute Gasteiger partial charge is 0.342 e. The third-order valence-corrected chi connectivity index (χ3v) is 6.15. The second-order valence-corrected chi connectivity index (χ2v) is 9.04. The molecule has 1 aromatic carbocycles. The Morgan fingerprint density at radius 1 is 1.30 bits per heavy atom. The van der Waals surface area contributed by atoms with Crippen LogP contribution in [-0.4, -0.2) is 58.9 Å². The lowest BCUT2D eigenvalue weighted by Gasteiger charge is -2.51. The number of hydrogen-bond acceptors (Lipinski definition) is 3. The number of amides is 4. The van der Waals surface area contributed by atoms with Crippen LogP contribution in [0.25, 0.3) is 0 Å². The van der Waals surface area contributed by atoms with Crippen molar-refractivity contribution in [3.63, 3.8) is 0 Å². The fraction of sp³-hybridized carbons (Fsp3) is 0.591. The van der Waals surface area contributed by atoms with Crippen LogP contribution in [0.2, 0.25) is 5.02 Å². The number of nitrogens with one attached hydrogen (secondary N) is 2. The first-order valence-corrected chi connectivity index (χ1v) is 11.1. The van der Waals surface area contributed by atoms with Crippen molar-refractivity contribution in [3.8, 4) is 0 Å². The van der Waals surface area contributed by atoms with Gasteiger partial charge in [-0.3, -0.25) is 9.59 Å². The number of nitrogens with zero attached hydrogens (tertiary/aromatic N) is 2. The van der Waals surface area contributed by atoms with Gasteiger partial charge in [0, 0.05) is 30.3 Å². The second kappa shape index (κ2) is 9.25. The highest BCUT2D eigenvalue weighted by Gasteiger charge is 2.53. The number of piperidine rings is 1. The van der Waals surface area contributed by atoms with Gasteiger partial charge in [0.2, 0.25) is 11.8 Å². The molecule has 0 aliphatic carbocycles. The molecule has 1 unspecified atom stereocenters. The maximum atomic E-state index is 13.2. The number of carbonyl (C=O) groups is 3. The third-order valence-electron chi connectivity index (χ3n) is 5.92. The Kier molecular flexibility index (Phi) is 6.91. The van der Waals surface area contributed by atoms with Crippen molar-refractivity contribution in [3.05, 3.63) is 29.3 Å². The molecule has 8 heteroatoms. The highest BCUT2D eigenvalue weighted by Crippen LogP contribution is 2.34.